The lowest BCUT2D eigenvalue weighted by Gasteiger charge is -2.11. The summed E-state index contributed by atoms with van der Waals surface area (Å²) in [5, 5.41) is 16.7. The quantitative estimate of drug-likeness (QED) is 0.408. The van der Waals surface area contributed by atoms with Crippen LogP contribution < -0.4 is 10.9 Å². The molecule has 1 amide bonds. The molecule has 0 aliphatic carbocycles. The van der Waals surface area contributed by atoms with Crippen LogP contribution in [0.5, 0.6) is 0 Å². The molecule has 0 saturated carbocycles. The van der Waals surface area contributed by atoms with E-state index in [1.165, 1.54) is 4.68 Å². The molecule has 3 aromatic rings. The highest BCUT2D eigenvalue weighted by Gasteiger charge is 2.19. The molecule has 0 radical (unpaired) electrons. The fraction of sp³-hybridized carbons (Fsp3) is 0.292. The second kappa shape index (κ2) is 10.9. The van der Waals surface area contributed by atoms with Gasteiger partial charge in [-0.15, -0.1) is 0 Å². The number of amides is 1. The molecule has 3 rings (SSSR count). The molecule has 1 N–H and O–H groups in total. The summed E-state index contributed by atoms with van der Waals surface area (Å²) in [6.07, 6.45) is 3.86. The van der Waals surface area contributed by atoms with Gasteiger partial charge >= 0.3 is 5.97 Å². The molecular weight excluding hydrogens is 408 g/mol. The van der Waals surface area contributed by atoms with Gasteiger partial charge in [-0.2, -0.15) is 10.4 Å². The second-order valence-corrected chi connectivity index (χ2v) is 7.26. The van der Waals surface area contributed by atoms with Crippen LogP contribution in [0.25, 0.3) is 10.8 Å². The average molecular weight is 432 g/mol. The number of carbonyl (C=O) groups is 2. The first kappa shape index (κ1) is 22.7. The number of nitrogens with one attached hydrogen (secondary N) is 1. The monoisotopic (exact) mass is 432 g/mol. The van der Waals surface area contributed by atoms with Crippen molar-refractivity contribution in [2.75, 3.05) is 11.9 Å². The molecule has 1 aromatic heterocycles. The summed E-state index contributed by atoms with van der Waals surface area (Å²) in [5.74, 6) is -1.38. The van der Waals surface area contributed by atoms with Gasteiger partial charge in [-0.25, -0.2) is 9.48 Å². The van der Waals surface area contributed by atoms with Gasteiger partial charge in [-0.1, -0.05) is 56.5 Å². The van der Waals surface area contributed by atoms with Gasteiger partial charge in [0.25, 0.3) is 11.5 Å². The Morgan fingerprint density at radius 3 is 2.53 bits per heavy atom. The number of rotatable bonds is 9. The van der Waals surface area contributed by atoms with Crippen molar-refractivity contribution in [3.05, 3.63) is 70.1 Å². The molecule has 0 aliphatic heterocycles. The number of fused-ring (bicyclic) bond motifs is 1. The topological polar surface area (TPSA) is 114 Å². The summed E-state index contributed by atoms with van der Waals surface area (Å²) in [5.41, 5.74) is 0.357. The van der Waals surface area contributed by atoms with Gasteiger partial charge < -0.3 is 10.1 Å². The molecular formula is C24H24N4O4. The first-order valence-corrected chi connectivity index (χ1v) is 10.5. The fourth-order valence-corrected chi connectivity index (χ4v) is 3.30. The predicted molar refractivity (Wildman–Crippen MR) is 120 cm³/mol. The zero-order chi connectivity index (χ0) is 22.9. The lowest BCUT2D eigenvalue weighted by atomic mass is 10.1. The van der Waals surface area contributed by atoms with Gasteiger partial charge in [0.2, 0.25) is 0 Å². The van der Waals surface area contributed by atoms with Crippen molar-refractivity contribution in [2.45, 2.75) is 39.2 Å². The molecule has 2 aromatic carbocycles. The van der Waals surface area contributed by atoms with Crippen molar-refractivity contribution in [3.8, 4) is 6.07 Å². The normalized spacial score (nSPS) is 10.5. The summed E-state index contributed by atoms with van der Waals surface area (Å²) < 4.78 is 6.46. The molecule has 8 nitrogen and oxygen atoms in total. The number of ether oxygens (including phenoxy) is 1. The van der Waals surface area contributed by atoms with Crippen LogP contribution in [-0.4, -0.2) is 28.3 Å². The first-order valence-electron chi connectivity index (χ1n) is 10.5. The Kier molecular flexibility index (Phi) is 7.70. The minimum absolute atomic E-state index is 0.0130. The van der Waals surface area contributed by atoms with E-state index in [9.17, 15) is 14.4 Å². The van der Waals surface area contributed by atoms with Crippen LogP contribution in [-0.2, 0) is 16.1 Å². The Hall–Kier alpha value is -3.99. The number of hydrogen-bond donors (Lipinski definition) is 1. The first-order chi connectivity index (χ1) is 15.5. The minimum Gasteiger partial charge on any atom is -0.451 e. The molecule has 0 atom stereocenters. The van der Waals surface area contributed by atoms with E-state index in [1.807, 2.05) is 6.07 Å². The highest BCUT2D eigenvalue weighted by Crippen LogP contribution is 2.16. The SMILES string of the molecule is CCCCCCn1nc(C(=O)OCC(=O)Nc2ccccc2C#N)c2ccccc2c1=O. The number of para-hydroxylation sites is 1. The fourth-order valence-electron chi connectivity index (χ4n) is 3.30. The Bertz CT molecular complexity index is 1230. The number of aromatic nitrogens is 2. The van der Waals surface area contributed by atoms with Crippen molar-refractivity contribution in [3.63, 3.8) is 0 Å². The number of esters is 1. The smallest absolute Gasteiger partial charge is 0.359 e. The van der Waals surface area contributed by atoms with Crippen LogP contribution in [0.3, 0.4) is 0 Å². The molecule has 32 heavy (non-hydrogen) atoms. The number of hydrogen-bond acceptors (Lipinski definition) is 6. The molecule has 0 unspecified atom stereocenters. The third-order valence-corrected chi connectivity index (χ3v) is 4.94. The number of benzene rings is 2. The number of aryl methyl sites for hydroxylation is 1. The van der Waals surface area contributed by atoms with Crippen LogP contribution in [0.2, 0.25) is 0 Å². The van der Waals surface area contributed by atoms with E-state index in [-0.39, 0.29) is 11.3 Å². The molecule has 164 valence electrons. The van der Waals surface area contributed by atoms with Crippen LogP contribution in [0.1, 0.15) is 48.7 Å². The van der Waals surface area contributed by atoms with Crippen molar-refractivity contribution in [1.82, 2.24) is 9.78 Å². The Morgan fingerprint density at radius 1 is 1.06 bits per heavy atom. The van der Waals surface area contributed by atoms with Crippen LogP contribution in [0.15, 0.2) is 53.3 Å². The van der Waals surface area contributed by atoms with Gasteiger partial charge in [-0.3, -0.25) is 9.59 Å². The van der Waals surface area contributed by atoms with Gasteiger partial charge in [0.15, 0.2) is 12.3 Å². The molecule has 0 aliphatic rings. The standard InChI is InChI=1S/C24H24N4O4/c1-2-3-4-9-14-28-23(30)19-12-7-6-11-18(19)22(27-28)24(31)32-16-21(29)26-20-13-8-5-10-17(20)15-25/h5-8,10-13H,2-4,9,14,16H2,1H3,(H,26,29). The Morgan fingerprint density at radius 2 is 1.78 bits per heavy atom. The number of anilines is 1. The van der Waals surface area contributed by atoms with Crippen LogP contribution >= 0.6 is 0 Å². The third kappa shape index (κ3) is 5.38. The summed E-state index contributed by atoms with van der Waals surface area (Å²) in [4.78, 5) is 37.7. The Labute approximate surface area is 185 Å². The second-order valence-electron chi connectivity index (χ2n) is 7.26. The minimum atomic E-state index is -0.799. The zero-order valence-electron chi connectivity index (χ0n) is 17.8. The Balaban J connectivity index is 1.76. The summed E-state index contributed by atoms with van der Waals surface area (Å²) in [6, 6.07) is 15.2. The van der Waals surface area contributed by atoms with E-state index in [1.54, 1.807) is 48.5 Å². The van der Waals surface area contributed by atoms with Crippen molar-refractivity contribution in [2.24, 2.45) is 0 Å². The van der Waals surface area contributed by atoms with E-state index >= 15 is 0 Å². The van der Waals surface area contributed by atoms with Crippen LogP contribution in [0.4, 0.5) is 5.69 Å². The third-order valence-electron chi connectivity index (χ3n) is 4.94. The van der Waals surface area contributed by atoms with E-state index in [4.69, 9.17) is 10.00 Å². The molecule has 0 spiro atoms. The van der Waals surface area contributed by atoms with Crippen LogP contribution in [0, 0.1) is 11.3 Å². The van der Waals surface area contributed by atoms with Gasteiger partial charge in [-0.05, 0) is 24.6 Å². The number of carbonyl (C=O) groups excluding carboxylic acids is 2. The van der Waals surface area contributed by atoms with E-state index in [0.29, 0.717) is 28.6 Å². The maximum absolute atomic E-state index is 12.8. The van der Waals surface area contributed by atoms with Crippen molar-refractivity contribution in [1.29, 1.82) is 5.26 Å². The lowest BCUT2D eigenvalue weighted by Crippen LogP contribution is -2.28. The molecule has 0 fully saturated rings. The number of nitrogens with zero attached hydrogens (tertiary/aromatic N) is 3. The molecule has 8 heteroatoms. The van der Waals surface area contributed by atoms with Gasteiger partial charge in [0, 0.05) is 11.9 Å². The number of unbranched alkanes of at least 4 members (excludes halogenated alkanes) is 3. The zero-order valence-corrected chi connectivity index (χ0v) is 17.8. The number of nitriles is 1. The summed E-state index contributed by atoms with van der Waals surface area (Å²) >= 11 is 0. The molecule has 0 bridgehead atoms. The van der Waals surface area contributed by atoms with E-state index in [0.717, 1.165) is 25.7 Å². The average Bonchev–Trinajstić information content (AvgIpc) is 2.82. The lowest BCUT2D eigenvalue weighted by molar-refractivity contribution is -0.119. The summed E-state index contributed by atoms with van der Waals surface area (Å²) in [6.45, 7) is 1.95. The van der Waals surface area contributed by atoms with E-state index in [2.05, 4.69) is 17.3 Å². The van der Waals surface area contributed by atoms with Crippen molar-refractivity contribution >= 4 is 28.3 Å². The largest absolute Gasteiger partial charge is 0.451 e. The summed E-state index contributed by atoms with van der Waals surface area (Å²) in [7, 11) is 0. The highest BCUT2D eigenvalue weighted by molar-refractivity contribution is 6.03. The van der Waals surface area contributed by atoms with Gasteiger partial charge in [0.1, 0.15) is 6.07 Å². The molecule has 1 heterocycles. The maximum atomic E-state index is 12.8. The maximum Gasteiger partial charge on any atom is 0.359 e. The predicted octanol–water partition coefficient (Wildman–Crippen LogP) is 3.64. The van der Waals surface area contributed by atoms with E-state index < -0.39 is 18.5 Å². The highest BCUT2D eigenvalue weighted by atomic mass is 16.5. The molecule has 0 saturated heterocycles. The van der Waals surface area contributed by atoms with Crippen molar-refractivity contribution < 1.29 is 14.3 Å². The van der Waals surface area contributed by atoms with Gasteiger partial charge in [0.05, 0.1) is 16.6 Å².